The van der Waals surface area contributed by atoms with Gasteiger partial charge >= 0.3 is 0 Å². The molecule has 1 aromatic carbocycles. The quantitative estimate of drug-likeness (QED) is 0.849. The van der Waals surface area contributed by atoms with Gasteiger partial charge < -0.3 is 4.74 Å². The lowest BCUT2D eigenvalue weighted by atomic mass is 10.3. The molecule has 1 atom stereocenters. The zero-order valence-electron chi connectivity index (χ0n) is 11.9. The average molecular weight is 290 g/mol. The van der Waals surface area contributed by atoms with E-state index in [9.17, 15) is 9.18 Å². The molecule has 0 spiro atoms. The maximum Gasteiger partial charge on any atom is 0.288 e. The molecule has 1 unspecified atom stereocenters. The van der Waals surface area contributed by atoms with Gasteiger partial charge in [-0.1, -0.05) is 0 Å². The number of anilines is 1. The first-order chi connectivity index (χ1) is 9.93. The predicted octanol–water partition coefficient (Wildman–Crippen LogP) is 1.69. The molecule has 0 bridgehead atoms. The minimum atomic E-state index is -0.792. The topological polar surface area (TPSA) is 68.9 Å². The van der Waals surface area contributed by atoms with Crippen molar-refractivity contribution in [3.63, 3.8) is 0 Å². The number of benzene rings is 1. The molecular weight excluding hydrogens is 275 g/mol. The van der Waals surface area contributed by atoms with Crippen LogP contribution in [0.15, 0.2) is 29.4 Å². The van der Waals surface area contributed by atoms with Gasteiger partial charge in [0.2, 0.25) is 12.1 Å². The molecule has 2 rings (SSSR count). The van der Waals surface area contributed by atoms with E-state index in [1.165, 1.54) is 41.2 Å². The first kappa shape index (κ1) is 14.9. The fourth-order valence-corrected chi connectivity index (χ4v) is 1.87. The molecule has 1 aliphatic heterocycles. The number of amides is 1. The van der Waals surface area contributed by atoms with Crippen molar-refractivity contribution in [1.82, 2.24) is 4.90 Å². The monoisotopic (exact) mass is 290 g/mol. The highest BCUT2D eigenvalue weighted by molar-refractivity contribution is 6.45. The largest absolute Gasteiger partial charge is 0.336 e. The van der Waals surface area contributed by atoms with Gasteiger partial charge in [0.1, 0.15) is 11.9 Å². The molecular formula is C14H15FN4O2. The summed E-state index contributed by atoms with van der Waals surface area (Å²) >= 11 is 0. The van der Waals surface area contributed by atoms with E-state index >= 15 is 0 Å². The van der Waals surface area contributed by atoms with Gasteiger partial charge in [-0.25, -0.2) is 9.40 Å². The van der Waals surface area contributed by atoms with Crippen molar-refractivity contribution in [3.8, 4) is 6.07 Å². The molecule has 0 fully saturated rings. The maximum atomic E-state index is 13.0. The first-order valence-corrected chi connectivity index (χ1v) is 6.40. The second-order valence-electron chi connectivity index (χ2n) is 4.81. The van der Waals surface area contributed by atoms with Gasteiger partial charge in [-0.05, 0) is 38.1 Å². The molecule has 1 aromatic rings. The fourth-order valence-electron chi connectivity index (χ4n) is 1.87. The molecule has 21 heavy (non-hydrogen) atoms. The Morgan fingerprint density at radius 2 is 2.00 bits per heavy atom. The molecule has 0 radical (unpaired) electrons. The van der Waals surface area contributed by atoms with Crippen LogP contribution >= 0.6 is 0 Å². The second kappa shape index (κ2) is 5.89. The van der Waals surface area contributed by atoms with Crippen LogP contribution in [0.1, 0.15) is 13.8 Å². The lowest BCUT2D eigenvalue weighted by molar-refractivity contribution is -0.142. The molecule has 0 aromatic heterocycles. The predicted molar refractivity (Wildman–Crippen MR) is 74.7 cm³/mol. The number of ether oxygens (including phenoxy) is 1. The van der Waals surface area contributed by atoms with E-state index in [2.05, 4.69) is 5.10 Å². The van der Waals surface area contributed by atoms with Gasteiger partial charge in [0.15, 0.2) is 0 Å². The third kappa shape index (κ3) is 3.01. The Kier molecular flexibility index (Phi) is 4.19. The van der Waals surface area contributed by atoms with Gasteiger partial charge in [-0.3, -0.25) is 9.69 Å². The minimum Gasteiger partial charge on any atom is -0.336 e. The van der Waals surface area contributed by atoms with Crippen LogP contribution in [-0.4, -0.2) is 36.0 Å². The van der Waals surface area contributed by atoms with Gasteiger partial charge in [0.25, 0.3) is 5.91 Å². The third-order valence-corrected chi connectivity index (χ3v) is 2.86. The smallest absolute Gasteiger partial charge is 0.288 e. The summed E-state index contributed by atoms with van der Waals surface area (Å²) in [6.45, 7) is 3.65. The summed E-state index contributed by atoms with van der Waals surface area (Å²) in [4.78, 5) is 13.3. The zero-order chi connectivity index (χ0) is 15.6. The Morgan fingerprint density at radius 1 is 1.38 bits per heavy atom. The molecule has 0 saturated heterocycles. The second-order valence-corrected chi connectivity index (χ2v) is 4.81. The van der Waals surface area contributed by atoms with Crippen LogP contribution in [0.5, 0.6) is 0 Å². The van der Waals surface area contributed by atoms with Crippen molar-refractivity contribution < 1.29 is 13.9 Å². The molecule has 1 aliphatic rings. The summed E-state index contributed by atoms with van der Waals surface area (Å²) in [6.07, 6.45) is -0.952. The summed E-state index contributed by atoms with van der Waals surface area (Å²) in [7, 11) is 1.53. The Morgan fingerprint density at radius 3 is 2.52 bits per heavy atom. The normalized spacial score (nSPS) is 18.8. The van der Waals surface area contributed by atoms with Crippen molar-refractivity contribution in [3.05, 3.63) is 30.1 Å². The standard InChI is InChI=1S/C14H15FN4O2/c1-9(2)21-14-18(3)13(20)12(8-16)17-19(14)11-6-4-10(15)5-7-11/h4-7,9,14H,1-3H3. The Balaban J connectivity index is 2.45. The molecule has 1 heterocycles. The summed E-state index contributed by atoms with van der Waals surface area (Å²) < 4.78 is 18.7. The van der Waals surface area contributed by atoms with E-state index in [1.807, 2.05) is 13.8 Å². The van der Waals surface area contributed by atoms with Gasteiger partial charge in [0.05, 0.1) is 11.8 Å². The van der Waals surface area contributed by atoms with E-state index in [-0.39, 0.29) is 17.6 Å². The molecule has 0 saturated carbocycles. The van der Waals surface area contributed by atoms with Crippen LogP contribution in [0.2, 0.25) is 0 Å². The lowest BCUT2D eigenvalue weighted by Gasteiger charge is -2.39. The average Bonchev–Trinajstić information content (AvgIpc) is 2.45. The van der Waals surface area contributed by atoms with Crippen LogP contribution in [0, 0.1) is 17.1 Å². The van der Waals surface area contributed by atoms with E-state index in [4.69, 9.17) is 10.00 Å². The number of carbonyl (C=O) groups is 1. The Bertz CT molecular complexity index is 606. The van der Waals surface area contributed by atoms with E-state index in [0.717, 1.165) is 0 Å². The van der Waals surface area contributed by atoms with Crippen molar-refractivity contribution >= 4 is 17.3 Å². The van der Waals surface area contributed by atoms with Crippen molar-refractivity contribution in [2.45, 2.75) is 26.3 Å². The summed E-state index contributed by atoms with van der Waals surface area (Å²) in [5, 5.41) is 14.4. The molecule has 0 aliphatic carbocycles. The number of nitrogens with zero attached hydrogens (tertiary/aromatic N) is 4. The number of carbonyl (C=O) groups excluding carboxylic acids is 1. The molecule has 0 N–H and O–H groups in total. The van der Waals surface area contributed by atoms with Crippen LogP contribution in [-0.2, 0) is 9.53 Å². The Labute approximate surface area is 122 Å². The molecule has 110 valence electrons. The van der Waals surface area contributed by atoms with Crippen LogP contribution in [0.25, 0.3) is 0 Å². The number of nitriles is 1. The molecule has 7 heteroatoms. The highest BCUT2D eigenvalue weighted by Crippen LogP contribution is 2.24. The van der Waals surface area contributed by atoms with Crippen molar-refractivity contribution in [2.24, 2.45) is 5.10 Å². The number of hydrazone groups is 1. The Hall–Kier alpha value is -2.46. The van der Waals surface area contributed by atoms with Gasteiger partial charge in [-0.2, -0.15) is 10.4 Å². The highest BCUT2D eigenvalue weighted by Gasteiger charge is 2.36. The summed E-state index contributed by atoms with van der Waals surface area (Å²) in [5.41, 5.74) is 0.277. The van der Waals surface area contributed by atoms with Crippen LogP contribution in [0.4, 0.5) is 10.1 Å². The van der Waals surface area contributed by atoms with E-state index < -0.39 is 12.3 Å². The minimum absolute atomic E-state index is 0.160. The van der Waals surface area contributed by atoms with Gasteiger partial charge in [0, 0.05) is 7.05 Å². The van der Waals surface area contributed by atoms with Crippen molar-refractivity contribution in [1.29, 1.82) is 5.26 Å². The zero-order valence-corrected chi connectivity index (χ0v) is 11.9. The number of hydrogen-bond acceptors (Lipinski definition) is 5. The highest BCUT2D eigenvalue weighted by atomic mass is 19.1. The van der Waals surface area contributed by atoms with Gasteiger partial charge in [-0.15, -0.1) is 0 Å². The fraction of sp³-hybridized carbons (Fsp3) is 0.357. The van der Waals surface area contributed by atoms with E-state index in [0.29, 0.717) is 5.69 Å². The lowest BCUT2D eigenvalue weighted by Crippen LogP contribution is -2.55. The number of rotatable bonds is 3. The summed E-state index contributed by atoms with van der Waals surface area (Å²) in [6, 6.07) is 7.33. The molecule has 6 nitrogen and oxygen atoms in total. The first-order valence-electron chi connectivity index (χ1n) is 6.40. The number of hydrogen-bond donors (Lipinski definition) is 0. The van der Waals surface area contributed by atoms with Crippen LogP contribution in [0.3, 0.4) is 0 Å². The third-order valence-electron chi connectivity index (χ3n) is 2.86. The van der Waals surface area contributed by atoms with Crippen molar-refractivity contribution in [2.75, 3.05) is 12.1 Å². The SMILES string of the molecule is CC(C)OC1N(C)C(=O)C(C#N)=NN1c1ccc(F)cc1. The molecule has 1 amide bonds. The summed E-state index contributed by atoms with van der Waals surface area (Å²) in [5.74, 6) is -0.896. The van der Waals surface area contributed by atoms with E-state index in [1.54, 1.807) is 6.07 Å². The van der Waals surface area contributed by atoms with Crippen LogP contribution < -0.4 is 5.01 Å². The maximum absolute atomic E-state index is 13.0. The number of halogens is 1.